The molecule has 3 aliphatic rings. The van der Waals surface area contributed by atoms with Crippen molar-refractivity contribution in [3.05, 3.63) is 71.8 Å². The van der Waals surface area contributed by atoms with E-state index >= 15 is 0 Å². The third kappa shape index (κ3) is 16.7. The lowest BCUT2D eigenvalue weighted by molar-refractivity contribution is -0.148. The normalized spacial score (nSPS) is 25.1. The number of carbonyl (C=O) groups excluding carboxylic acids is 8. The lowest BCUT2D eigenvalue weighted by Gasteiger charge is -2.33. The fraction of sp³-hybridized carbons (Fsp3) is 0.560. The van der Waals surface area contributed by atoms with Gasteiger partial charge in [0, 0.05) is 32.6 Å². The summed E-state index contributed by atoms with van der Waals surface area (Å²) in [7, 11) is 0. The van der Waals surface area contributed by atoms with Gasteiger partial charge in [-0.1, -0.05) is 80.4 Å². The first kappa shape index (κ1) is 55.7. The number of nitrogens with zero attached hydrogens (tertiary/aromatic N) is 4. The standard InChI is InChI=1S/C50H74N14O8/c1-3-4-19-37-47(71)64-29-14-23-40(64)48(72)63-28-13-22-39(63)46(70)60-35(21-12-27-56-50(53)54)43(67)62-38(30-33-17-9-6-10-18-33)45(69)59-36(25-24-32-15-7-5-8-16-32)44(68)58-34(20-11-26-55-49(51)52)42(66)57-31(2)41(65)61-37/h5-10,15-18,31,34-40H,3-4,11-14,19-30H2,1-2H3,(H,57,66)(H,58,68)(H,59,69)(H,60,70)(H,61,65)(H,62,67)(H4,51,52,55)(H4,53,54,56)/t31-,34-,35-,36-,37-,38-,39-,40+/m0/s1. The molecule has 0 radical (unpaired) electrons. The second-order valence-electron chi connectivity index (χ2n) is 18.7. The molecule has 5 rings (SSSR count). The van der Waals surface area contributed by atoms with Crippen molar-refractivity contribution in [3.8, 4) is 0 Å². The van der Waals surface area contributed by atoms with Gasteiger partial charge in [-0.2, -0.15) is 0 Å². The molecule has 3 fully saturated rings. The Morgan fingerprint density at radius 3 is 1.51 bits per heavy atom. The number of nitrogens with one attached hydrogen (secondary N) is 6. The average molecular weight is 999 g/mol. The molecule has 8 amide bonds. The van der Waals surface area contributed by atoms with Gasteiger partial charge in [-0.15, -0.1) is 0 Å². The minimum Gasteiger partial charge on any atom is -0.370 e. The molecule has 3 aliphatic heterocycles. The molecule has 0 aliphatic carbocycles. The Hall–Kier alpha value is -7.26. The average Bonchev–Trinajstić information content (AvgIpc) is 4.07. The van der Waals surface area contributed by atoms with Gasteiger partial charge in [-0.05, 0) is 88.7 Å². The third-order valence-corrected chi connectivity index (χ3v) is 13.1. The van der Waals surface area contributed by atoms with Gasteiger partial charge in [0.2, 0.25) is 47.3 Å². The highest BCUT2D eigenvalue weighted by atomic mass is 16.2. The van der Waals surface area contributed by atoms with E-state index < -0.39 is 95.6 Å². The van der Waals surface area contributed by atoms with E-state index in [0.717, 1.165) is 5.56 Å². The summed E-state index contributed by atoms with van der Waals surface area (Å²) in [6.45, 7) is 4.11. The molecule has 22 nitrogen and oxygen atoms in total. The lowest BCUT2D eigenvalue weighted by atomic mass is 10.0. The van der Waals surface area contributed by atoms with Crippen LogP contribution >= 0.6 is 0 Å². The van der Waals surface area contributed by atoms with Crippen molar-refractivity contribution in [2.45, 2.75) is 152 Å². The molecule has 3 saturated heterocycles. The van der Waals surface area contributed by atoms with Crippen LogP contribution < -0.4 is 54.8 Å². The fourth-order valence-corrected chi connectivity index (χ4v) is 9.24. The van der Waals surface area contributed by atoms with Crippen molar-refractivity contribution in [3.63, 3.8) is 0 Å². The maximum Gasteiger partial charge on any atom is 0.246 e. The zero-order chi connectivity index (χ0) is 52.2. The highest BCUT2D eigenvalue weighted by Crippen LogP contribution is 2.27. The fourth-order valence-electron chi connectivity index (χ4n) is 9.24. The van der Waals surface area contributed by atoms with Crippen molar-refractivity contribution in [2.75, 3.05) is 26.2 Å². The number of unbranched alkanes of at least 4 members (excludes halogenated alkanes) is 1. The number of guanidine groups is 2. The molecule has 0 aromatic heterocycles. The first-order valence-corrected chi connectivity index (χ1v) is 25.2. The van der Waals surface area contributed by atoms with Crippen LogP contribution in [0.25, 0.3) is 0 Å². The molecule has 2 aromatic rings. The van der Waals surface area contributed by atoms with E-state index in [9.17, 15) is 38.4 Å². The van der Waals surface area contributed by atoms with Crippen molar-refractivity contribution in [1.82, 2.24) is 41.7 Å². The Morgan fingerprint density at radius 1 is 0.514 bits per heavy atom. The first-order chi connectivity index (χ1) is 34.6. The maximum absolute atomic E-state index is 14.7. The highest BCUT2D eigenvalue weighted by Gasteiger charge is 2.44. The molecule has 0 bridgehead atoms. The molecule has 0 spiro atoms. The molecular formula is C50H74N14O8. The number of aryl methyl sites for hydroxylation is 1. The van der Waals surface area contributed by atoms with Crippen LogP contribution in [0.4, 0.5) is 0 Å². The van der Waals surface area contributed by atoms with Crippen LogP contribution in [0.5, 0.6) is 0 Å². The zero-order valence-electron chi connectivity index (χ0n) is 41.5. The Labute approximate surface area is 421 Å². The summed E-state index contributed by atoms with van der Waals surface area (Å²) in [5, 5.41) is 16.9. The first-order valence-electron chi connectivity index (χ1n) is 25.2. The summed E-state index contributed by atoms with van der Waals surface area (Å²) < 4.78 is 0. The molecular weight excluding hydrogens is 925 g/mol. The van der Waals surface area contributed by atoms with Crippen molar-refractivity contribution in [1.29, 1.82) is 0 Å². The SMILES string of the molecule is CCCC[C@@H]1NC(=O)[C@H](C)NC(=O)[C@H](CCCN=C(N)N)NC(=O)[C@H](CCc2ccccc2)NC(=O)[C@H](Cc2ccccc2)NC(=O)[C@H](CCCN=C(N)N)NC(=O)[C@@H]2CCCN2C(=O)[C@H]2CCCN2C1=O. The Morgan fingerprint density at radius 2 is 0.958 bits per heavy atom. The summed E-state index contributed by atoms with van der Waals surface area (Å²) in [6.07, 6.45) is 4.06. The Kier molecular flexibility index (Phi) is 21.6. The predicted molar refractivity (Wildman–Crippen MR) is 271 cm³/mol. The monoisotopic (exact) mass is 999 g/mol. The minimum atomic E-state index is -1.29. The summed E-state index contributed by atoms with van der Waals surface area (Å²) in [5.41, 5.74) is 23.8. The lowest BCUT2D eigenvalue weighted by Crippen LogP contribution is -2.61. The van der Waals surface area contributed by atoms with Crippen LogP contribution in [0.3, 0.4) is 0 Å². The van der Waals surface area contributed by atoms with Gasteiger partial charge in [0.1, 0.15) is 48.3 Å². The largest absolute Gasteiger partial charge is 0.370 e. The molecule has 392 valence electrons. The second-order valence-corrected chi connectivity index (χ2v) is 18.7. The number of rotatable bonds is 16. The quantitative estimate of drug-likeness (QED) is 0.0555. The van der Waals surface area contributed by atoms with E-state index in [1.165, 1.54) is 16.7 Å². The predicted octanol–water partition coefficient (Wildman–Crippen LogP) is -0.916. The van der Waals surface area contributed by atoms with Gasteiger partial charge in [0.15, 0.2) is 11.9 Å². The summed E-state index contributed by atoms with van der Waals surface area (Å²) in [5.74, 6) is -5.33. The van der Waals surface area contributed by atoms with Crippen LogP contribution in [0.1, 0.15) is 102 Å². The molecule has 22 heteroatoms. The van der Waals surface area contributed by atoms with Crippen molar-refractivity contribution >= 4 is 59.2 Å². The molecule has 0 saturated carbocycles. The Bertz CT molecular complexity index is 2240. The van der Waals surface area contributed by atoms with Gasteiger partial charge >= 0.3 is 0 Å². The molecule has 2 aromatic carbocycles. The molecule has 14 N–H and O–H groups in total. The van der Waals surface area contributed by atoms with Crippen LogP contribution in [0.15, 0.2) is 70.6 Å². The number of nitrogens with two attached hydrogens (primary N) is 4. The topological polar surface area (TPSA) is 344 Å². The van der Waals surface area contributed by atoms with Crippen molar-refractivity contribution in [2.24, 2.45) is 32.9 Å². The smallest absolute Gasteiger partial charge is 0.246 e. The van der Waals surface area contributed by atoms with Crippen LogP contribution in [-0.4, -0.2) is 143 Å². The summed E-state index contributed by atoms with van der Waals surface area (Å²) >= 11 is 0. The summed E-state index contributed by atoms with van der Waals surface area (Å²) in [4.78, 5) is 126. The molecule has 0 unspecified atom stereocenters. The van der Waals surface area contributed by atoms with Crippen molar-refractivity contribution < 1.29 is 38.4 Å². The van der Waals surface area contributed by atoms with E-state index in [0.29, 0.717) is 50.5 Å². The van der Waals surface area contributed by atoms with E-state index in [1.54, 1.807) is 30.3 Å². The van der Waals surface area contributed by atoms with E-state index in [1.807, 2.05) is 37.3 Å². The van der Waals surface area contributed by atoms with E-state index in [4.69, 9.17) is 22.9 Å². The second kappa shape index (κ2) is 28.0. The van der Waals surface area contributed by atoms with E-state index in [2.05, 4.69) is 41.9 Å². The number of hydrogen-bond donors (Lipinski definition) is 10. The molecule has 8 atom stereocenters. The van der Waals surface area contributed by atoms with Gasteiger partial charge < -0.3 is 64.6 Å². The minimum absolute atomic E-state index is 0.0172. The number of amides is 8. The highest BCUT2D eigenvalue weighted by molar-refractivity contribution is 5.99. The zero-order valence-corrected chi connectivity index (χ0v) is 41.5. The molecule has 72 heavy (non-hydrogen) atoms. The van der Waals surface area contributed by atoms with Gasteiger partial charge in [-0.25, -0.2) is 0 Å². The van der Waals surface area contributed by atoms with Crippen LogP contribution in [0.2, 0.25) is 0 Å². The van der Waals surface area contributed by atoms with E-state index in [-0.39, 0.29) is 83.0 Å². The number of aliphatic imine (C=N–C) groups is 2. The summed E-state index contributed by atoms with van der Waals surface area (Å²) in [6, 6.07) is 9.04. The van der Waals surface area contributed by atoms with Gasteiger partial charge in [-0.3, -0.25) is 48.3 Å². The van der Waals surface area contributed by atoms with Gasteiger partial charge in [0.05, 0.1) is 0 Å². The maximum atomic E-state index is 14.7. The van der Waals surface area contributed by atoms with Gasteiger partial charge in [0.25, 0.3) is 0 Å². The van der Waals surface area contributed by atoms with Crippen LogP contribution in [-0.2, 0) is 51.2 Å². The van der Waals surface area contributed by atoms with Crippen LogP contribution in [0, 0.1) is 0 Å². The molecule has 3 heterocycles. The third-order valence-electron chi connectivity index (χ3n) is 13.1. The number of carbonyl (C=O) groups is 8. The number of fused-ring (bicyclic) bond motifs is 2. The number of benzene rings is 2. The number of hydrogen-bond acceptors (Lipinski definition) is 10. The Balaban J connectivity index is 1.56.